The number of amides is 1. The number of hydrogen-bond donors (Lipinski definition) is 0. The lowest BCUT2D eigenvalue weighted by molar-refractivity contribution is -0.131. The van der Waals surface area contributed by atoms with Crippen molar-refractivity contribution in [3.63, 3.8) is 0 Å². The van der Waals surface area contributed by atoms with E-state index in [1.54, 1.807) is 4.90 Å². The van der Waals surface area contributed by atoms with E-state index < -0.39 is 0 Å². The normalized spacial score (nSPS) is 19.7. The summed E-state index contributed by atoms with van der Waals surface area (Å²) >= 11 is 0. The minimum absolute atomic E-state index is 0.0847. The van der Waals surface area contributed by atoms with Crippen LogP contribution in [0.15, 0.2) is 30.3 Å². The first-order chi connectivity index (χ1) is 8.63. The van der Waals surface area contributed by atoms with Gasteiger partial charge in [0.05, 0.1) is 6.61 Å². The van der Waals surface area contributed by atoms with Gasteiger partial charge in [0.15, 0.2) is 0 Å². The Bertz CT molecular complexity index is 462. The Morgan fingerprint density at radius 3 is 2.61 bits per heavy atom. The van der Waals surface area contributed by atoms with Crippen LogP contribution in [0.5, 0.6) is 5.75 Å². The van der Waals surface area contributed by atoms with Crippen LogP contribution in [0.4, 0.5) is 0 Å². The Labute approximate surface area is 108 Å². The van der Waals surface area contributed by atoms with E-state index >= 15 is 0 Å². The second-order valence-electron chi connectivity index (χ2n) is 4.58. The number of hydrogen-bond acceptors (Lipinski definition) is 2. The highest BCUT2D eigenvalue weighted by atomic mass is 16.5. The van der Waals surface area contributed by atoms with Crippen LogP contribution in [0.25, 0.3) is 5.70 Å². The van der Waals surface area contributed by atoms with Gasteiger partial charge in [-0.2, -0.15) is 0 Å². The number of allylic oxidation sites excluding steroid dienone is 1. The van der Waals surface area contributed by atoms with Crippen molar-refractivity contribution >= 4 is 11.6 Å². The van der Waals surface area contributed by atoms with E-state index in [4.69, 9.17) is 4.74 Å². The topological polar surface area (TPSA) is 29.5 Å². The maximum absolute atomic E-state index is 11.9. The molecule has 3 heteroatoms. The third-order valence-electron chi connectivity index (χ3n) is 3.24. The lowest BCUT2D eigenvalue weighted by Gasteiger charge is -2.28. The molecule has 0 saturated carbocycles. The van der Waals surface area contributed by atoms with Crippen LogP contribution in [0.3, 0.4) is 0 Å². The van der Waals surface area contributed by atoms with Gasteiger partial charge in [-0.25, -0.2) is 0 Å². The predicted octanol–water partition coefficient (Wildman–Crippen LogP) is 2.92. The number of carbonyl (C=O) groups excluding carboxylic acids is 1. The largest absolute Gasteiger partial charge is 0.494 e. The molecule has 96 valence electrons. The smallest absolute Gasteiger partial charge is 0.229 e. The average molecular weight is 245 g/mol. The number of nitrogens with zero attached hydrogens (tertiary/aromatic N) is 1. The zero-order valence-electron chi connectivity index (χ0n) is 11.1. The van der Waals surface area contributed by atoms with Gasteiger partial charge in [-0.15, -0.1) is 0 Å². The third-order valence-corrected chi connectivity index (χ3v) is 3.24. The Balaban J connectivity index is 2.23. The summed E-state index contributed by atoms with van der Waals surface area (Å²) in [7, 11) is 1.83. The lowest BCUT2D eigenvalue weighted by Crippen LogP contribution is -2.33. The molecule has 0 spiro atoms. The van der Waals surface area contributed by atoms with Crippen molar-refractivity contribution in [2.24, 2.45) is 5.92 Å². The van der Waals surface area contributed by atoms with Gasteiger partial charge in [-0.05, 0) is 43.2 Å². The van der Waals surface area contributed by atoms with Gasteiger partial charge >= 0.3 is 0 Å². The van der Waals surface area contributed by atoms with Gasteiger partial charge in [0, 0.05) is 18.7 Å². The van der Waals surface area contributed by atoms with Crippen LogP contribution in [0.1, 0.15) is 25.8 Å². The molecule has 1 atom stereocenters. The molecule has 1 amide bonds. The van der Waals surface area contributed by atoms with Crippen molar-refractivity contribution in [1.29, 1.82) is 0 Å². The molecule has 1 aromatic carbocycles. The number of benzene rings is 1. The average Bonchev–Trinajstić information content (AvgIpc) is 2.38. The van der Waals surface area contributed by atoms with Crippen LogP contribution in [0.2, 0.25) is 0 Å². The molecule has 18 heavy (non-hydrogen) atoms. The SMILES string of the molecule is CCOc1ccc(C2=CCC(C)C(=O)N2C)cc1. The van der Waals surface area contributed by atoms with E-state index in [-0.39, 0.29) is 11.8 Å². The highest BCUT2D eigenvalue weighted by molar-refractivity contribution is 5.90. The van der Waals surface area contributed by atoms with Crippen molar-refractivity contribution in [3.8, 4) is 5.75 Å². The molecule has 0 radical (unpaired) electrons. The second-order valence-corrected chi connectivity index (χ2v) is 4.58. The van der Waals surface area contributed by atoms with Crippen LogP contribution in [-0.4, -0.2) is 24.5 Å². The van der Waals surface area contributed by atoms with Crippen molar-refractivity contribution < 1.29 is 9.53 Å². The van der Waals surface area contributed by atoms with Gasteiger partial charge < -0.3 is 9.64 Å². The molecule has 2 rings (SSSR count). The van der Waals surface area contributed by atoms with Gasteiger partial charge in [0.1, 0.15) is 5.75 Å². The maximum atomic E-state index is 11.9. The fourth-order valence-corrected chi connectivity index (χ4v) is 2.18. The molecule has 0 saturated heterocycles. The van der Waals surface area contributed by atoms with E-state index in [0.717, 1.165) is 23.4 Å². The summed E-state index contributed by atoms with van der Waals surface area (Å²) in [6, 6.07) is 7.87. The summed E-state index contributed by atoms with van der Waals surface area (Å²) < 4.78 is 5.41. The molecule has 0 N–H and O–H groups in total. The zero-order valence-corrected chi connectivity index (χ0v) is 11.1. The summed E-state index contributed by atoms with van der Waals surface area (Å²) in [5, 5.41) is 0. The third kappa shape index (κ3) is 2.40. The summed E-state index contributed by atoms with van der Waals surface area (Å²) in [6.45, 7) is 4.59. The van der Waals surface area contributed by atoms with Crippen LogP contribution in [0, 0.1) is 5.92 Å². The molecule has 1 heterocycles. The maximum Gasteiger partial charge on any atom is 0.229 e. The van der Waals surface area contributed by atoms with Crippen molar-refractivity contribution in [3.05, 3.63) is 35.9 Å². The standard InChI is InChI=1S/C15H19NO2/c1-4-18-13-8-6-12(7-9-13)14-10-5-11(2)15(17)16(14)3/h6-11H,4-5H2,1-3H3. The highest BCUT2D eigenvalue weighted by Crippen LogP contribution is 2.28. The van der Waals surface area contributed by atoms with E-state index in [9.17, 15) is 4.79 Å². The van der Waals surface area contributed by atoms with Crippen molar-refractivity contribution in [2.75, 3.05) is 13.7 Å². The molecule has 1 aliphatic rings. The molecular formula is C15H19NO2. The van der Waals surface area contributed by atoms with E-state index in [1.165, 1.54) is 0 Å². The molecule has 0 fully saturated rings. The van der Waals surface area contributed by atoms with Gasteiger partial charge in [0.25, 0.3) is 0 Å². The predicted molar refractivity (Wildman–Crippen MR) is 72.1 cm³/mol. The fourth-order valence-electron chi connectivity index (χ4n) is 2.18. The molecule has 1 aliphatic heterocycles. The minimum atomic E-state index is 0.0847. The fraction of sp³-hybridized carbons (Fsp3) is 0.400. The first-order valence-electron chi connectivity index (χ1n) is 6.34. The summed E-state index contributed by atoms with van der Waals surface area (Å²) in [5.41, 5.74) is 2.04. The van der Waals surface area contributed by atoms with E-state index in [0.29, 0.717) is 6.61 Å². The Morgan fingerprint density at radius 1 is 1.33 bits per heavy atom. The number of ether oxygens (including phenoxy) is 1. The van der Waals surface area contributed by atoms with Gasteiger partial charge in [0.2, 0.25) is 5.91 Å². The van der Waals surface area contributed by atoms with Crippen LogP contribution in [-0.2, 0) is 4.79 Å². The zero-order chi connectivity index (χ0) is 13.1. The molecule has 0 bridgehead atoms. The highest BCUT2D eigenvalue weighted by Gasteiger charge is 2.24. The molecule has 1 unspecified atom stereocenters. The lowest BCUT2D eigenvalue weighted by atomic mass is 9.98. The Hall–Kier alpha value is -1.77. The second kappa shape index (κ2) is 5.25. The molecule has 3 nitrogen and oxygen atoms in total. The Kier molecular flexibility index (Phi) is 3.70. The summed E-state index contributed by atoms with van der Waals surface area (Å²) in [5.74, 6) is 1.13. The Morgan fingerprint density at radius 2 is 2.00 bits per heavy atom. The van der Waals surface area contributed by atoms with E-state index in [1.807, 2.05) is 45.2 Å². The summed E-state index contributed by atoms with van der Waals surface area (Å²) in [6.07, 6.45) is 2.94. The van der Waals surface area contributed by atoms with Crippen molar-refractivity contribution in [2.45, 2.75) is 20.3 Å². The quantitative estimate of drug-likeness (QED) is 0.819. The van der Waals surface area contributed by atoms with Crippen LogP contribution >= 0.6 is 0 Å². The molecule has 0 aromatic heterocycles. The number of carbonyl (C=O) groups is 1. The first-order valence-corrected chi connectivity index (χ1v) is 6.34. The van der Waals surface area contributed by atoms with Gasteiger partial charge in [-0.1, -0.05) is 13.0 Å². The van der Waals surface area contributed by atoms with Gasteiger partial charge in [-0.3, -0.25) is 4.79 Å². The van der Waals surface area contributed by atoms with E-state index in [2.05, 4.69) is 6.08 Å². The molecule has 1 aromatic rings. The first kappa shape index (κ1) is 12.7. The van der Waals surface area contributed by atoms with Crippen LogP contribution < -0.4 is 4.74 Å². The molecular weight excluding hydrogens is 226 g/mol. The number of rotatable bonds is 3. The molecule has 0 aliphatic carbocycles. The monoisotopic (exact) mass is 245 g/mol. The van der Waals surface area contributed by atoms with Crippen molar-refractivity contribution in [1.82, 2.24) is 4.90 Å². The minimum Gasteiger partial charge on any atom is -0.494 e. The summed E-state index contributed by atoms with van der Waals surface area (Å²) in [4.78, 5) is 13.7.